The highest BCUT2D eigenvalue weighted by atomic mass is 127. The molecule has 0 atom stereocenters. The van der Waals surface area contributed by atoms with Crippen molar-refractivity contribution in [2.24, 2.45) is 0 Å². The monoisotopic (exact) mass is 362 g/mol. The highest BCUT2D eigenvalue weighted by molar-refractivity contribution is 14.1. The average molecular weight is 362 g/mol. The Kier molecular flexibility index (Phi) is 4.92. The first-order valence-corrected chi connectivity index (χ1v) is 5.74. The maximum atomic E-state index is 12.0. The van der Waals surface area contributed by atoms with Gasteiger partial charge < -0.3 is 9.72 Å². The summed E-state index contributed by atoms with van der Waals surface area (Å²) in [4.78, 5) is 17.7. The number of nitrogens with zero attached hydrogens (tertiary/aromatic N) is 1. The molecule has 0 saturated carbocycles. The summed E-state index contributed by atoms with van der Waals surface area (Å²) in [7, 11) is 1.42. The minimum absolute atomic E-state index is 0.0276. The summed E-state index contributed by atoms with van der Waals surface area (Å²) in [6, 6.07) is 0. The standard InChI is InChI=1S/C9H10F3IN2O2/c1-17-4-5-7(13)8(16)15-6(14-5)2-3-9(10,11)12/h2-4H2,1H3,(H,14,15,16). The molecule has 0 aromatic carbocycles. The van der Waals surface area contributed by atoms with Gasteiger partial charge in [0, 0.05) is 13.5 Å². The molecule has 1 aromatic rings. The van der Waals surface area contributed by atoms with Crippen molar-refractivity contribution in [1.82, 2.24) is 9.97 Å². The number of H-pyrrole nitrogens is 1. The van der Waals surface area contributed by atoms with Gasteiger partial charge >= 0.3 is 6.18 Å². The Hall–Kier alpha value is -0.640. The summed E-state index contributed by atoms with van der Waals surface area (Å²) in [6.45, 7) is 0.0984. The molecule has 96 valence electrons. The molecule has 0 aliphatic heterocycles. The normalized spacial score (nSPS) is 11.8. The first-order valence-electron chi connectivity index (χ1n) is 4.66. The average Bonchev–Trinajstić information content (AvgIpc) is 2.21. The molecule has 4 nitrogen and oxygen atoms in total. The molecule has 0 aliphatic carbocycles. The summed E-state index contributed by atoms with van der Waals surface area (Å²) < 4.78 is 41.2. The highest BCUT2D eigenvalue weighted by Gasteiger charge is 2.27. The van der Waals surface area contributed by atoms with Crippen molar-refractivity contribution >= 4 is 22.6 Å². The van der Waals surface area contributed by atoms with E-state index in [2.05, 4.69) is 9.97 Å². The van der Waals surface area contributed by atoms with Crippen LogP contribution in [0.25, 0.3) is 0 Å². The number of ether oxygens (including phenoxy) is 1. The van der Waals surface area contributed by atoms with Gasteiger partial charge in [-0.2, -0.15) is 13.2 Å². The molecule has 0 aliphatic rings. The summed E-state index contributed by atoms with van der Waals surface area (Å²) in [5.41, 5.74) is -0.0844. The van der Waals surface area contributed by atoms with Crippen LogP contribution in [0.2, 0.25) is 0 Å². The van der Waals surface area contributed by atoms with Gasteiger partial charge in [0.25, 0.3) is 5.56 Å². The molecule has 0 amide bonds. The number of hydrogen-bond donors (Lipinski definition) is 1. The zero-order valence-corrected chi connectivity index (χ0v) is 11.1. The Balaban J connectivity index is 2.91. The van der Waals surface area contributed by atoms with Gasteiger partial charge in [-0.05, 0) is 22.6 Å². The van der Waals surface area contributed by atoms with E-state index in [0.717, 1.165) is 0 Å². The number of aromatic nitrogens is 2. The maximum Gasteiger partial charge on any atom is 0.389 e. The Morgan fingerprint density at radius 2 is 2.12 bits per heavy atom. The largest absolute Gasteiger partial charge is 0.389 e. The molecule has 1 N–H and O–H groups in total. The van der Waals surface area contributed by atoms with Gasteiger partial charge in [0.2, 0.25) is 0 Å². The quantitative estimate of drug-likeness (QED) is 0.834. The van der Waals surface area contributed by atoms with Crippen LogP contribution in [0.4, 0.5) is 13.2 Å². The SMILES string of the molecule is COCc1nc(CCC(F)(F)F)[nH]c(=O)c1I. The fraction of sp³-hybridized carbons (Fsp3) is 0.556. The molecule has 1 rings (SSSR count). The van der Waals surface area contributed by atoms with Crippen LogP contribution >= 0.6 is 22.6 Å². The van der Waals surface area contributed by atoms with Gasteiger partial charge in [-0.3, -0.25) is 4.79 Å². The Labute approximate surface area is 109 Å². The predicted molar refractivity (Wildman–Crippen MR) is 62.7 cm³/mol. The zero-order valence-electron chi connectivity index (χ0n) is 8.90. The lowest BCUT2D eigenvalue weighted by Crippen LogP contribution is -2.20. The fourth-order valence-electron chi connectivity index (χ4n) is 1.17. The minimum Gasteiger partial charge on any atom is -0.378 e. The lowest BCUT2D eigenvalue weighted by atomic mass is 10.3. The van der Waals surface area contributed by atoms with E-state index < -0.39 is 18.2 Å². The molecule has 0 fully saturated rings. The molecular weight excluding hydrogens is 352 g/mol. The smallest absolute Gasteiger partial charge is 0.378 e. The number of nitrogens with one attached hydrogen (secondary N) is 1. The third-order valence-corrected chi connectivity index (χ3v) is 3.02. The van der Waals surface area contributed by atoms with Crippen LogP contribution in [0.3, 0.4) is 0 Å². The molecule has 0 bridgehead atoms. The van der Waals surface area contributed by atoms with Gasteiger partial charge in [0.15, 0.2) is 0 Å². The molecule has 8 heteroatoms. The van der Waals surface area contributed by atoms with Crippen molar-refractivity contribution in [1.29, 1.82) is 0 Å². The van der Waals surface area contributed by atoms with Crippen LogP contribution in [0.5, 0.6) is 0 Å². The van der Waals surface area contributed by atoms with Crippen molar-refractivity contribution in [3.63, 3.8) is 0 Å². The van der Waals surface area contributed by atoms with E-state index in [0.29, 0.717) is 9.26 Å². The summed E-state index contributed by atoms with van der Waals surface area (Å²) >= 11 is 1.78. The summed E-state index contributed by atoms with van der Waals surface area (Å²) in [5.74, 6) is 0.0276. The Morgan fingerprint density at radius 3 is 2.65 bits per heavy atom. The molecule has 0 unspecified atom stereocenters. The van der Waals surface area contributed by atoms with Crippen LogP contribution in [-0.4, -0.2) is 23.3 Å². The lowest BCUT2D eigenvalue weighted by Gasteiger charge is -2.07. The van der Waals surface area contributed by atoms with Gasteiger partial charge in [0.05, 0.1) is 18.7 Å². The third-order valence-electron chi connectivity index (χ3n) is 1.91. The Bertz CT molecular complexity index is 445. The van der Waals surface area contributed by atoms with E-state index in [-0.39, 0.29) is 18.9 Å². The molecule has 0 saturated heterocycles. The highest BCUT2D eigenvalue weighted by Crippen LogP contribution is 2.21. The van der Waals surface area contributed by atoms with Crippen LogP contribution in [0.15, 0.2) is 4.79 Å². The summed E-state index contributed by atoms with van der Waals surface area (Å²) in [5, 5.41) is 0. The van der Waals surface area contributed by atoms with Crippen molar-refractivity contribution < 1.29 is 17.9 Å². The van der Waals surface area contributed by atoms with Crippen molar-refractivity contribution in [2.75, 3.05) is 7.11 Å². The topological polar surface area (TPSA) is 55.0 Å². The number of aromatic amines is 1. The number of alkyl halides is 3. The number of halogens is 4. The number of hydrogen-bond acceptors (Lipinski definition) is 3. The number of rotatable bonds is 4. The van der Waals surface area contributed by atoms with Gasteiger partial charge in [-0.1, -0.05) is 0 Å². The van der Waals surface area contributed by atoms with E-state index in [1.807, 2.05) is 0 Å². The first-order chi connectivity index (χ1) is 7.83. The van der Waals surface area contributed by atoms with Gasteiger partial charge in [0.1, 0.15) is 9.39 Å². The molecule has 17 heavy (non-hydrogen) atoms. The second-order valence-electron chi connectivity index (χ2n) is 3.32. The fourth-order valence-corrected chi connectivity index (χ4v) is 1.58. The van der Waals surface area contributed by atoms with Crippen molar-refractivity contribution in [2.45, 2.75) is 25.6 Å². The molecule has 1 heterocycles. The molecule has 0 spiro atoms. The van der Waals surface area contributed by atoms with E-state index in [1.165, 1.54) is 7.11 Å². The van der Waals surface area contributed by atoms with Crippen molar-refractivity contribution in [3.05, 3.63) is 25.4 Å². The first kappa shape index (κ1) is 14.4. The van der Waals surface area contributed by atoms with Crippen LogP contribution in [0, 0.1) is 3.57 Å². The second kappa shape index (κ2) is 5.80. The van der Waals surface area contributed by atoms with E-state index >= 15 is 0 Å². The van der Waals surface area contributed by atoms with Crippen LogP contribution < -0.4 is 5.56 Å². The van der Waals surface area contributed by atoms with Crippen LogP contribution in [0.1, 0.15) is 17.9 Å². The van der Waals surface area contributed by atoms with Gasteiger partial charge in [-0.15, -0.1) is 0 Å². The third kappa shape index (κ3) is 4.62. The number of methoxy groups -OCH3 is 1. The van der Waals surface area contributed by atoms with Crippen LogP contribution in [-0.2, 0) is 17.8 Å². The molecule has 0 radical (unpaired) electrons. The second-order valence-corrected chi connectivity index (χ2v) is 4.40. The van der Waals surface area contributed by atoms with E-state index in [1.54, 1.807) is 22.6 Å². The van der Waals surface area contributed by atoms with Crippen molar-refractivity contribution in [3.8, 4) is 0 Å². The summed E-state index contributed by atoms with van der Waals surface area (Å²) in [6.07, 6.45) is -5.61. The number of aryl methyl sites for hydroxylation is 1. The Morgan fingerprint density at radius 1 is 1.47 bits per heavy atom. The maximum absolute atomic E-state index is 12.0. The van der Waals surface area contributed by atoms with E-state index in [9.17, 15) is 18.0 Å². The zero-order chi connectivity index (χ0) is 13.1. The van der Waals surface area contributed by atoms with E-state index in [4.69, 9.17) is 4.74 Å². The predicted octanol–water partition coefficient (Wildman–Crippen LogP) is 2.02. The van der Waals surface area contributed by atoms with Gasteiger partial charge in [-0.25, -0.2) is 4.98 Å². The minimum atomic E-state index is -4.26. The lowest BCUT2D eigenvalue weighted by molar-refractivity contribution is -0.134. The molecular formula is C9H10F3IN2O2. The molecule has 1 aromatic heterocycles.